The van der Waals surface area contributed by atoms with Gasteiger partial charge in [0, 0.05) is 37.3 Å². The van der Waals surface area contributed by atoms with Crippen LogP contribution < -0.4 is 4.90 Å². The molecule has 3 nitrogen and oxygen atoms in total. The topological polar surface area (TPSA) is 29.5 Å². The summed E-state index contributed by atoms with van der Waals surface area (Å²) < 4.78 is 5.41. The molecule has 2 aromatic carbocycles. The summed E-state index contributed by atoms with van der Waals surface area (Å²) in [5.41, 5.74) is 5.10. The second kappa shape index (κ2) is 8.26. The van der Waals surface area contributed by atoms with Gasteiger partial charge in [-0.2, -0.15) is 0 Å². The third-order valence-electron chi connectivity index (χ3n) is 5.91. The van der Waals surface area contributed by atoms with Gasteiger partial charge in [0.25, 0.3) is 0 Å². The lowest BCUT2D eigenvalue weighted by atomic mass is 9.88. The fourth-order valence-corrected chi connectivity index (χ4v) is 4.29. The Balaban J connectivity index is 1.51. The Morgan fingerprint density at radius 2 is 1.89 bits per heavy atom. The zero-order chi connectivity index (χ0) is 18.6. The predicted octanol–water partition coefficient (Wildman–Crippen LogP) is 4.58. The van der Waals surface area contributed by atoms with Crippen LogP contribution in [-0.4, -0.2) is 25.7 Å². The lowest BCUT2D eigenvalue weighted by molar-refractivity contribution is -0.125. The van der Waals surface area contributed by atoms with Crippen molar-refractivity contribution in [2.24, 2.45) is 5.92 Å². The van der Waals surface area contributed by atoms with Crippen molar-refractivity contribution in [1.82, 2.24) is 0 Å². The number of carbonyl (C=O) groups is 1. The van der Waals surface area contributed by atoms with Crippen molar-refractivity contribution in [1.29, 1.82) is 0 Å². The van der Waals surface area contributed by atoms with E-state index >= 15 is 0 Å². The quantitative estimate of drug-likeness (QED) is 0.779. The molecule has 2 aromatic rings. The Morgan fingerprint density at radius 1 is 1.11 bits per heavy atom. The summed E-state index contributed by atoms with van der Waals surface area (Å²) >= 11 is 0. The molecule has 3 heteroatoms. The largest absolute Gasteiger partial charge is 0.381 e. The zero-order valence-electron chi connectivity index (χ0n) is 16.1. The third-order valence-corrected chi connectivity index (χ3v) is 5.91. The highest BCUT2D eigenvalue weighted by molar-refractivity contribution is 5.97. The van der Waals surface area contributed by atoms with Crippen LogP contribution in [0, 0.1) is 11.8 Å². The second-order valence-corrected chi connectivity index (χ2v) is 7.59. The lowest BCUT2D eigenvalue weighted by Crippen LogP contribution is -2.37. The molecule has 27 heavy (non-hydrogen) atoms. The molecule has 0 N–H and O–H groups in total. The van der Waals surface area contributed by atoms with Gasteiger partial charge in [-0.05, 0) is 54.9 Å². The molecule has 0 spiro atoms. The molecular formula is C24H28NO2. The Hall–Kier alpha value is -2.13. The van der Waals surface area contributed by atoms with Gasteiger partial charge in [0.2, 0.25) is 5.91 Å². The van der Waals surface area contributed by atoms with Crippen molar-refractivity contribution in [3.8, 4) is 0 Å². The second-order valence-electron chi connectivity index (χ2n) is 7.59. The number of amides is 1. The Kier molecular flexibility index (Phi) is 5.58. The zero-order valence-corrected chi connectivity index (χ0v) is 16.1. The molecule has 0 aromatic heterocycles. The number of nitrogens with zero attached hydrogens (tertiary/aromatic N) is 1. The van der Waals surface area contributed by atoms with E-state index in [0.717, 1.165) is 44.3 Å². The molecule has 1 amide bonds. The maximum absolute atomic E-state index is 12.9. The fourth-order valence-electron chi connectivity index (χ4n) is 4.29. The minimum absolute atomic E-state index is 0.125. The molecular weight excluding hydrogens is 334 g/mol. The van der Waals surface area contributed by atoms with Crippen LogP contribution in [0.4, 0.5) is 5.69 Å². The van der Waals surface area contributed by atoms with E-state index in [1.54, 1.807) is 0 Å². The number of hydrogen-bond acceptors (Lipinski definition) is 2. The van der Waals surface area contributed by atoms with Gasteiger partial charge >= 0.3 is 0 Å². The summed E-state index contributed by atoms with van der Waals surface area (Å²) in [5, 5.41) is 0. The minimum Gasteiger partial charge on any atom is -0.381 e. The molecule has 1 fully saturated rings. The number of fused-ring (bicyclic) bond motifs is 1. The van der Waals surface area contributed by atoms with Gasteiger partial charge in [-0.25, -0.2) is 0 Å². The summed E-state index contributed by atoms with van der Waals surface area (Å²) in [6.45, 7) is 4.47. The van der Waals surface area contributed by atoms with Crippen LogP contribution in [0.15, 0.2) is 48.5 Å². The van der Waals surface area contributed by atoms with Crippen molar-refractivity contribution >= 4 is 11.6 Å². The van der Waals surface area contributed by atoms with Crippen LogP contribution in [0.1, 0.15) is 42.9 Å². The molecule has 0 bridgehead atoms. The Bertz CT molecular complexity index is 780. The van der Waals surface area contributed by atoms with E-state index < -0.39 is 0 Å². The van der Waals surface area contributed by atoms with E-state index in [1.807, 2.05) is 4.90 Å². The molecule has 0 saturated carbocycles. The van der Waals surface area contributed by atoms with Crippen LogP contribution in [-0.2, 0) is 22.4 Å². The standard InChI is InChI=1S/C24H28NO2/c1-2-19(16-18-6-4-3-5-7-18)21-8-9-23-22(17-21)10-13-25(23)24(26)20-11-14-27-15-12-20/h3-9,17,20H,2,10-16H2,1H3. The van der Waals surface area contributed by atoms with E-state index in [-0.39, 0.29) is 11.8 Å². The maximum atomic E-state index is 12.9. The van der Waals surface area contributed by atoms with Gasteiger partial charge in [-0.15, -0.1) is 0 Å². The SMILES string of the molecule is CC[C](Cc1ccccc1)c1ccc2c(c1)CCN2C(=O)C1CCOCC1. The maximum Gasteiger partial charge on any atom is 0.230 e. The van der Waals surface area contributed by atoms with Crippen LogP contribution >= 0.6 is 0 Å². The third kappa shape index (κ3) is 3.93. The first-order valence-electron chi connectivity index (χ1n) is 10.2. The van der Waals surface area contributed by atoms with Gasteiger partial charge in [0.15, 0.2) is 0 Å². The number of rotatable bonds is 5. The lowest BCUT2D eigenvalue weighted by Gasteiger charge is -2.27. The number of ether oxygens (including phenoxy) is 1. The fraction of sp³-hybridized carbons (Fsp3) is 0.417. The highest BCUT2D eigenvalue weighted by Gasteiger charge is 2.31. The van der Waals surface area contributed by atoms with E-state index in [4.69, 9.17) is 4.74 Å². The van der Waals surface area contributed by atoms with Gasteiger partial charge in [-0.1, -0.05) is 49.4 Å². The van der Waals surface area contributed by atoms with E-state index in [9.17, 15) is 4.79 Å². The molecule has 1 radical (unpaired) electrons. The number of hydrogen-bond donors (Lipinski definition) is 0. The normalized spacial score (nSPS) is 17.3. The molecule has 0 atom stereocenters. The van der Waals surface area contributed by atoms with Crippen LogP contribution in [0.25, 0.3) is 0 Å². The molecule has 2 aliphatic heterocycles. The van der Waals surface area contributed by atoms with Crippen molar-refractivity contribution in [2.75, 3.05) is 24.7 Å². The average Bonchev–Trinajstić information content (AvgIpc) is 3.16. The van der Waals surface area contributed by atoms with Crippen LogP contribution in [0.3, 0.4) is 0 Å². The van der Waals surface area contributed by atoms with E-state index in [1.165, 1.54) is 22.6 Å². The number of benzene rings is 2. The first-order chi connectivity index (χ1) is 13.3. The summed E-state index contributed by atoms with van der Waals surface area (Å²) in [7, 11) is 0. The molecule has 2 heterocycles. The van der Waals surface area contributed by atoms with E-state index in [2.05, 4.69) is 55.5 Å². The van der Waals surface area contributed by atoms with Crippen LogP contribution in [0.2, 0.25) is 0 Å². The summed E-state index contributed by atoms with van der Waals surface area (Å²) in [5.74, 6) is 1.87. The van der Waals surface area contributed by atoms with Crippen molar-refractivity contribution in [3.05, 3.63) is 71.1 Å². The van der Waals surface area contributed by atoms with Crippen molar-refractivity contribution < 1.29 is 9.53 Å². The first kappa shape index (κ1) is 18.2. The van der Waals surface area contributed by atoms with Crippen molar-refractivity contribution in [3.63, 3.8) is 0 Å². The van der Waals surface area contributed by atoms with Gasteiger partial charge < -0.3 is 9.64 Å². The molecule has 4 rings (SSSR count). The summed E-state index contributed by atoms with van der Waals surface area (Å²) in [4.78, 5) is 15.0. The van der Waals surface area contributed by atoms with Gasteiger partial charge in [0.05, 0.1) is 0 Å². The first-order valence-corrected chi connectivity index (χ1v) is 10.2. The van der Waals surface area contributed by atoms with Gasteiger partial charge in [-0.3, -0.25) is 4.79 Å². The predicted molar refractivity (Wildman–Crippen MR) is 109 cm³/mol. The Labute approximate surface area is 162 Å². The van der Waals surface area contributed by atoms with E-state index in [0.29, 0.717) is 13.2 Å². The summed E-state index contributed by atoms with van der Waals surface area (Å²) in [6.07, 6.45) is 4.70. The highest BCUT2D eigenvalue weighted by Crippen LogP contribution is 2.34. The molecule has 0 unspecified atom stereocenters. The molecule has 0 aliphatic carbocycles. The smallest absolute Gasteiger partial charge is 0.230 e. The minimum atomic E-state index is 0.125. The molecule has 141 valence electrons. The van der Waals surface area contributed by atoms with Crippen molar-refractivity contribution in [2.45, 2.75) is 39.0 Å². The highest BCUT2D eigenvalue weighted by atomic mass is 16.5. The molecule has 1 saturated heterocycles. The monoisotopic (exact) mass is 362 g/mol. The number of anilines is 1. The van der Waals surface area contributed by atoms with Crippen LogP contribution in [0.5, 0.6) is 0 Å². The number of carbonyl (C=O) groups excluding carboxylic acids is 1. The van der Waals surface area contributed by atoms with Gasteiger partial charge in [0.1, 0.15) is 0 Å². The average molecular weight is 362 g/mol. The summed E-state index contributed by atoms with van der Waals surface area (Å²) in [6, 6.07) is 17.3. The Morgan fingerprint density at radius 3 is 2.63 bits per heavy atom. The molecule has 2 aliphatic rings.